The molecule has 0 aromatic heterocycles. The van der Waals surface area contributed by atoms with Crippen molar-refractivity contribution < 1.29 is 4.79 Å². The fraction of sp³-hybridized carbons (Fsp3) is 0.125. The maximum Gasteiger partial charge on any atom is 0.243 e. The van der Waals surface area contributed by atoms with E-state index in [1.165, 1.54) is 0 Å². The maximum atomic E-state index is 11.8. The van der Waals surface area contributed by atoms with Crippen molar-refractivity contribution in [3.8, 4) is 6.07 Å². The van der Waals surface area contributed by atoms with Crippen molar-refractivity contribution >= 4 is 33.2 Å². The van der Waals surface area contributed by atoms with E-state index < -0.39 is 0 Å². The number of amides is 1. The van der Waals surface area contributed by atoms with E-state index in [4.69, 9.17) is 5.26 Å². The van der Waals surface area contributed by atoms with E-state index in [2.05, 4.69) is 26.6 Å². The van der Waals surface area contributed by atoms with Gasteiger partial charge in [0.05, 0.1) is 18.2 Å². The molecule has 0 radical (unpaired) electrons. The molecule has 2 aromatic carbocycles. The van der Waals surface area contributed by atoms with Crippen LogP contribution < -0.4 is 10.6 Å². The molecular formula is C16H14BrN3O. The van der Waals surface area contributed by atoms with Crippen LogP contribution in [0.5, 0.6) is 0 Å². The maximum absolute atomic E-state index is 11.8. The Morgan fingerprint density at radius 2 is 1.86 bits per heavy atom. The topological polar surface area (TPSA) is 64.9 Å². The molecule has 0 aliphatic heterocycles. The first kappa shape index (κ1) is 15.1. The van der Waals surface area contributed by atoms with Gasteiger partial charge in [0.15, 0.2) is 0 Å². The summed E-state index contributed by atoms with van der Waals surface area (Å²) in [5.74, 6) is -0.142. The minimum absolute atomic E-state index is 0.142. The number of nitriles is 1. The Morgan fingerprint density at radius 1 is 1.19 bits per heavy atom. The lowest BCUT2D eigenvalue weighted by Crippen LogP contribution is -2.21. The lowest BCUT2D eigenvalue weighted by molar-refractivity contribution is -0.114. The Hall–Kier alpha value is -2.32. The third-order valence-corrected chi connectivity index (χ3v) is 3.78. The van der Waals surface area contributed by atoms with Gasteiger partial charge in [-0.25, -0.2) is 0 Å². The molecule has 2 N–H and O–H groups in total. The number of hydrogen-bond donors (Lipinski definition) is 2. The standard InChI is InChI=1S/C16H14BrN3O/c1-11-2-5-14(8-15(11)17)19-10-16(21)20-13-6-3-12(9-18)4-7-13/h2-8,19H,10H2,1H3,(H,20,21). The van der Waals surface area contributed by atoms with Crippen LogP contribution in [0, 0.1) is 18.3 Å². The first-order chi connectivity index (χ1) is 10.1. The summed E-state index contributed by atoms with van der Waals surface area (Å²) in [7, 11) is 0. The van der Waals surface area contributed by atoms with Crippen LogP contribution in [0.1, 0.15) is 11.1 Å². The van der Waals surface area contributed by atoms with Gasteiger partial charge in [-0.15, -0.1) is 0 Å². The predicted molar refractivity (Wildman–Crippen MR) is 87.2 cm³/mol. The zero-order valence-electron chi connectivity index (χ0n) is 11.5. The van der Waals surface area contributed by atoms with Crippen molar-refractivity contribution in [3.63, 3.8) is 0 Å². The van der Waals surface area contributed by atoms with Gasteiger partial charge in [0, 0.05) is 15.8 Å². The number of carbonyl (C=O) groups excluding carboxylic acids is 1. The minimum atomic E-state index is -0.142. The van der Waals surface area contributed by atoms with Crippen LogP contribution in [0.2, 0.25) is 0 Å². The molecule has 0 fully saturated rings. The van der Waals surface area contributed by atoms with E-state index in [9.17, 15) is 4.79 Å². The smallest absolute Gasteiger partial charge is 0.243 e. The quantitative estimate of drug-likeness (QED) is 0.889. The van der Waals surface area contributed by atoms with Gasteiger partial charge in [-0.1, -0.05) is 22.0 Å². The van der Waals surface area contributed by atoms with Gasteiger partial charge in [0.2, 0.25) is 5.91 Å². The number of carbonyl (C=O) groups is 1. The second kappa shape index (κ2) is 6.91. The Bertz CT molecular complexity index is 690. The molecule has 0 atom stereocenters. The molecule has 2 aromatic rings. The van der Waals surface area contributed by atoms with Crippen LogP contribution in [0.15, 0.2) is 46.9 Å². The summed E-state index contributed by atoms with van der Waals surface area (Å²) < 4.78 is 1.00. The molecule has 0 saturated carbocycles. The number of halogens is 1. The zero-order chi connectivity index (χ0) is 15.2. The van der Waals surface area contributed by atoms with Gasteiger partial charge in [0.25, 0.3) is 0 Å². The molecule has 0 spiro atoms. The van der Waals surface area contributed by atoms with Crippen LogP contribution in [-0.4, -0.2) is 12.5 Å². The van der Waals surface area contributed by atoms with Crippen LogP contribution in [0.4, 0.5) is 11.4 Å². The number of rotatable bonds is 4. The van der Waals surface area contributed by atoms with Gasteiger partial charge >= 0.3 is 0 Å². The van der Waals surface area contributed by atoms with Gasteiger partial charge in [0.1, 0.15) is 0 Å². The number of aryl methyl sites for hydroxylation is 1. The number of nitrogens with zero attached hydrogens (tertiary/aromatic N) is 1. The number of anilines is 2. The SMILES string of the molecule is Cc1ccc(NCC(=O)Nc2ccc(C#N)cc2)cc1Br. The van der Waals surface area contributed by atoms with Crippen molar-refractivity contribution in [3.05, 3.63) is 58.1 Å². The molecule has 0 aliphatic rings. The van der Waals surface area contributed by atoms with Gasteiger partial charge < -0.3 is 10.6 Å². The Balaban J connectivity index is 1.89. The van der Waals surface area contributed by atoms with Crippen LogP contribution in [-0.2, 0) is 4.79 Å². The second-order valence-electron chi connectivity index (χ2n) is 4.55. The zero-order valence-corrected chi connectivity index (χ0v) is 13.1. The normalized spacial score (nSPS) is 9.76. The van der Waals surface area contributed by atoms with E-state index in [1.807, 2.05) is 31.2 Å². The molecule has 2 rings (SSSR count). The average molecular weight is 344 g/mol. The number of nitrogens with one attached hydrogen (secondary N) is 2. The van der Waals surface area contributed by atoms with E-state index >= 15 is 0 Å². The molecule has 0 heterocycles. The average Bonchev–Trinajstić information content (AvgIpc) is 2.49. The molecule has 0 saturated heterocycles. The van der Waals surface area contributed by atoms with Crippen molar-refractivity contribution in [1.82, 2.24) is 0 Å². The Morgan fingerprint density at radius 3 is 2.48 bits per heavy atom. The summed E-state index contributed by atoms with van der Waals surface area (Å²) in [6.07, 6.45) is 0. The van der Waals surface area contributed by atoms with Crippen LogP contribution in [0.3, 0.4) is 0 Å². The van der Waals surface area contributed by atoms with Gasteiger partial charge in [-0.2, -0.15) is 5.26 Å². The Kier molecular flexibility index (Phi) is 4.96. The molecule has 0 aliphatic carbocycles. The highest BCUT2D eigenvalue weighted by molar-refractivity contribution is 9.10. The third kappa shape index (κ3) is 4.33. The summed E-state index contributed by atoms with van der Waals surface area (Å²) in [6.45, 7) is 2.18. The molecule has 106 valence electrons. The minimum Gasteiger partial charge on any atom is -0.376 e. The predicted octanol–water partition coefficient (Wildman–Crippen LogP) is 3.68. The third-order valence-electron chi connectivity index (χ3n) is 2.92. The molecule has 4 nitrogen and oxygen atoms in total. The fourth-order valence-corrected chi connectivity index (χ4v) is 2.10. The fourth-order valence-electron chi connectivity index (χ4n) is 1.72. The highest BCUT2D eigenvalue weighted by Gasteiger charge is 2.03. The first-order valence-electron chi connectivity index (χ1n) is 6.38. The molecule has 0 bridgehead atoms. The second-order valence-corrected chi connectivity index (χ2v) is 5.41. The van der Waals surface area contributed by atoms with Gasteiger partial charge in [-0.05, 0) is 48.9 Å². The molecule has 1 amide bonds. The first-order valence-corrected chi connectivity index (χ1v) is 7.18. The molecule has 5 heteroatoms. The highest BCUT2D eigenvalue weighted by Crippen LogP contribution is 2.20. The van der Waals surface area contributed by atoms with Crippen molar-refractivity contribution in [1.29, 1.82) is 5.26 Å². The lowest BCUT2D eigenvalue weighted by Gasteiger charge is -2.09. The van der Waals surface area contributed by atoms with E-state index in [0.29, 0.717) is 11.3 Å². The van der Waals surface area contributed by atoms with E-state index in [0.717, 1.165) is 15.7 Å². The molecular weight excluding hydrogens is 330 g/mol. The molecule has 21 heavy (non-hydrogen) atoms. The number of benzene rings is 2. The summed E-state index contributed by atoms with van der Waals surface area (Å²) in [4.78, 5) is 11.8. The summed E-state index contributed by atoms with van der Waals surface area (Å²) in [5.41, 5.74) is 3.26. The lowest BCUT2D eigenvalue weighted by atomic mass is 10.2. The van der Waals surface area contributed by atoms with Crippen molar-refractivity contribution in [2.75, 3.05) is 17.2 Å². The largest absolute Gasteiger partial charge is 0.376 e. The van der Waals surface area contributed by atoms with Crippen molar-refractivity contribution in [2.24, 2.45) is 0 Å². The van der Waals surface area contributed by atoms with E-state index in [1.54, 1.807) is 24.3 Å². The van der Waals surface area contributed by atoms with Crippen molar-refractivity contribution in [2.45, 2.75) is 6.92 Å². The van der Waals surface area contributed by atoms with Crippen LogP contribution >= 0.6 is 15.9 Å². The number of hydrogen-bond acceptors (Lipinski definition) is 3. The highest BCUT2D eigenvalue weighted by atomic mass is 79.9. The van der Waals surface area contributed by atoms with Gasteiger partial charge in [-0.3, -0.25) is 4.79 Å². The summed E-state index contributed by atoms with van der Waals surface area (Å²) in [5, 5.41) is 14.5. The Labute approximate surface area is 131 Å². The molecule has 0 unspecified atom stereocenters. The monoisotopic (exact) mass is 343 g/mol. The summed E-state index contributed by atoms with van der Waals surface area (Å²) in [6, 6.07) is 14.6. The van der Waals surface area contributed by atoms with Crippen LogP contribution in [0.25, 0.3) is 0 Å². The summed E-state index contributed by atoms with van der Waals surface area (Å²) >= 11 is 3.45. The van der Waals surface area contributed by atoms with E-state index in [-0.39, 0.29) is 12.5 Å².